The normalized spacial score (nSPS) is 11.4. The molecule has 0 heterocycles. The van der Waals surface area contributed by atoms with Gasteiger partial charge in [0.05, 0.1) is 15.4 Å². The van der Waals surface area contributed by atoms with Crippen LogP contribution >= 0.6 is 0 Å². The van der Waals surface area contributed by atoms with E-state index in [1.807, 2.05) is 0 Å². The molecule has 0 saturated carbocycles. The van der Waals surface area contributed by atoms with Crippen LogP contribution in [0, 0.1) is 20.2 Å². The Hall–Kier alpha value is -2.43. The number of nitro groups is 2. The van der Waals surface area contributed by atoms with Crippen molar-refractivity contribution in [2.24, 2.45) is 0 Å². The monoisotopic (exact) mass is 365 g/mol. The molecule has 140 valence electrons. The van der Waals surface area contributed by atoms with Crippen LogP contribution in [0.25, 0.3) is 0 Å². The van der Waals surface area contributed by atoms with Gasteiger partial charge in [-0.25, -0.2) is 0 Å². The SMILES string of the molecule is CCCN(CCCOC)c1c([N+](=O)[O-])cc(C(F)(F)F)cc1[N+](=O)[O-]. The number of rotatable bonds is 9. The van der Waals surface area contributed by atoms with Gasteiger partial charge >= 0.3 is 6.18 Å². The van der Waals surface area contributed by atoms with Gasteiger partial charge in [0.15, 0.2) is 5.69 Å². The van der Waals surface area contributed by atoms with E-state index in [4.69, 9.17) is 4.74 Å². The summed E-state index contributed by atoms with van der Waals surface area (Å²) in [6.45, 7) is 2.46. The van der Waals surface area contributed by atoms with Crippen molar-refractivity contribution in [2.45, 2.75) is 25.9 Å². The first-order valence-corrected chi connectivity index (χ1v) is 7.41. The fourth-order valence-electron chi connectivity index (χ4n) is 2.38. The molecule has 25 heavy (non-hydrogen) atoms. The van der Waals surface area contributed by atoms with Crippen LogP contribution in [0.2, 0.25) is 0 Å². The molecule has 0 fully saturated rings. The van der Waals surface area contributed by atoms with Crippen LogP contribution in [-0.4, -0.2) is 36.7 Å². The van der Waals surface area contributed by atoms with E-state index in [0.29, 0.717) is 31.6 Å². The number of nitro benzene ring substituents is 2. The topological polar surface area (TPSA) is 98.8 Å². The number of halogens is 3. The molecule has 8 nitrogen and oxygen atoms in total. The molecule has 0 bridgehead atoms. The van der Waals surface area contributed by atoms with Crippen molar-refractivity contribution in [2.75, 3.05) is 31.7 Å². The van der Waals surface area contributed by atoms with Crippen molar-refractivity contribution in [3.63, 3.8) is 0 Å². The van der Waals surface area contributed by atoms with E-state index in [0.717, 1.165) is 0 Å². The Morgan fingerprint density at radius 1 is 1.12 bits per heavy atom. The lowest BCUT2D eigenvalue weighted by atomic mass is 10.1. The van der Waals surface area contributed by atoms with E-state index < -0.39 is 38.6 Å². The predicted octanol–water partition coefficient (Wildman–Crippen LogP) is 3.77. The Morgan fingerprint density at radius 2 is 1.64 bits per heavy atom. The molecular formula is C14H18F3N3O5. The van der Waals surface area contributed by atoms with E-state index in [-0.39, 0.29) is 13.1 Å². The molecule has 1 aromatic rings. The number of methoxy groups -OCH3 is 1. The van der Waals surface area contributed by atoms with Gasteiger partial charge in [-0.05, 0) is 12.8 Å². The summed E-state index contributed by atoms with van der Waals surface area (Å²) in [6.07, 6.45) is -4.02. The molecule has 0 saturated heterocycles. The van der Waals surface area contributed by atoms with E-state index in [9.17, 15) is 33.4 Å². The Labute approximate surface area is 141 Å². The van der Waals surface area contributed by atoms with Gasteiger partial charge in [0.1, 0.15) is 0 Å². The summed E-state index contributed by atoms with van der Waals surface area (Å²) in [5.41, 5.74) is -3.72. The molecular weight excluding hydrogens is 347 g/mol. The Balaban J connectivity index is 3.57. The van der Waals surface area contributed by atoms with Crippen molar-refractivity contribution < 1.29 is 27.8 Å². The van der Waals surface area contributed by atoms with Gasteiger partial charge in [-0.15, -0.1) is 0 Å². The lowest BCUT2D eigenvalue weighted by Gasteiger charge is -2.24. The molecule has 0 N–H and O–H groups in total. The highest BCUT2D eigenvalue weighted by molar-refractivity contribution is 5.76. The van der Waals surface area contributed by atoms with Gasteiger partial charge in [-0.1, -0.05) is 6.92 Å². The number of benzene rings is 1. The van der Waals surface area contributed by atoms with E-state index in [2.05, 4.69) is 0 Å². The minimum atomic E-state index is -4.93. The van der Waals surface area contributed by atoms with E-state index in [1.54, 1.807) is 6.92 Å². The third-order valence-electron chi connectivity index (χ3n) is 3.38. The first-order valence-electron chi connectivity index (χ1n) is 7.41. The number of alkyl halides is 3. The van der Waals surface area contributed by atoms with Crippen molar-refractivity contribution >= 4 is 17.1 Å². The van der Waals surface area contributed by atoms with Crippen LogP contribution in [0.3, 0.4) is 0 Å². The summed E-state index contributed by atoms with van der Waals surface area (Å²) in [7, 11) is 1.45. The average molecular weight is 365 g/mol. The highest BCUT2D eigenvalue weighted by Crippen LogP contribution is 2.43. The molecule has 0 unspecified atom stereocenters. The lowest BCUT2D eigenvalue weighted by Crippen LogP contribution is -2.28. The van der Waals surface area contributed by atoms with Gasteiger partial charge in [0, 0.05) is 38.9 Å². The van der Waals surface area contributed by atoms with Crippen LogP contribution in [0.5, 0.6) is 0 Å². The number of ether oxygens (including phenoxy) is 1. The zero-order valence-corrected chi connectivity index (χ0v) is 13.7. The first kappa shape index (κ1) is 20.6. The fourth-order valence-corrected chi connectivity index (χ4v) is 2.38. The highest BCUT2D eigenvalue weighted by Gasteiger charge is 2.39. The Morgan fingerprint density at radius 3 is 2.00 bits per heavy atom. The number of hydrogen-bond donors (Lipinski definition) is 0. The van der Waals surface area contributed by atoms with Crippen molar-refractivity contribution in [1.82, 2.24) is 0 Å². The number of nitrogens with zero attached hydrogens (tertiary/aromatic N) is 3. The quantitative estimate of drug-likeness (QED) is 0.375. The smallest absolute Gasteiger partial charge is 0.385 e. The van der Waals surface area contributed by atoms with E-state index >= 15 is 0 Å². The maximum Gasteiger partial charge on any atom is 0.416 e. The summed E-state index contributed by atoms with van der Waals surface area (Å²) in [4.78, 5) is 21.9. The van der Waals surface area contributed by atoms with Crippen molar-refractivity contribution in [3.8, 4) is 0 Å². The molecule has 0 spiro atoms. The van der Waals surface area contributed by atoms with Gasteiger partial charge in [0.2, 0.25) is 0 Å². The molecule has 11 heteroatoms. The average Bonchev–Trinajstić information content (AvgIpc) is 2.52. The number of anilines is 1. The molecule has 1 aromatic carbocycles. The maximum atomic E-state index is 12.9. The third-order valence-corrected chi connectivity index (χ3v) is 3.38. The zero-order chi connectivity index (χ0) is 19.2. The third kappa shape index (κ3) is 5.28. The van der Waals surface area contributed by atoms with Crippen LogP contribution in [0.15, 0.2) is 12.1 Å². The molecule has 0 atom stereocenters. The van der Waals surface area contributed by atoms with Gasteiger partial charge in [-0.3, -0.25) is 20.2 Å². The summed E-state index contributed by atoms with van der Waals surface area (Å²) < 4.78 is 43.7. The van der Waals surface area contributed by atoms with Gasteiger partial charge in [-0.2, -0.15) is 13.2 Å². The maximum absolute atomic E-state index is 12.9. The summed E-state index contributed by atoms with van der Waals surface area (Å²) in [5, 5.41) is 22.6. The second-order valence-electron chi connectivity index (χ2n) is 5.21. The summed E-state index contributed by atoms with van der Waals surface area (Å²) in [6, 6.07) is 0.669. The molecule has 0 aliphatic carbocycles. The zero-order valence-electron chi connectivity index (χ0n) is 13.7. The molecule has 0 aliphatic rings. The van der Waals surface area contributed by atoms with Crippen LogP contribution < -0.4 is 4.90 Å². The predicted molar refractivity (Wildman–Crippen MR) is 83.7 cm³/mol. The van der Waals surface area contributed by atoms with Crippen LogP contribution in [-0.2, 0) is 10.9 Å². The fraction of sp³-hybridized carbons (Fsp3) is 0.571. The van der Waals surface area contributed by atoms with Crippen molar-refractivity contribution in [1.29, 1.82) is 0 Å². The second kappa shape index (κ2) is 8.60. The van der Waals surface area contributed by atoms with Crippen LogP contribution in [0.4, 0.5) is 30.2 Å². The minimum Gasteiger partial charge on any atom is -0.385 e. The molecule has 0 aromatic heterocycles. The van der Waals surface area contributed by atoms with Crippen LogP contribution in [0.1, 0.15) is 25.3 Å². The molecule has 1 rings (SSSR count). The van der Waals surface area contributed by atoms with Gasteiger partial charge in [0.25, 0.3) is 11.4 Å². The molecule has 0 radical (unpaired) electrons. The number of hydrogen-bond acceptors (Lipinski definition) is 6. The first-order chi connectivity index (χ1) is 11.6. The second-order valence-corrected chi connectivity index (χ2v) is 5.21. The Bertz CT molecular complexity index is 602. The standard InChI is InChI=1S/C14H18F3N3O5/c1-3-5-18(6-4-7-25-2)13-11(19(21)22)8-10(14(15,16)17)9-12(13)20(23)24/h8-9H,3-7H2,1-2H3. The highest BCUT2D eigenvalue weighted by atomic mass is 19.4. The minimum absolute atomic E-state index is 0.175. The summed E-state index contributed by atoms with van der Waals surface area (Å²) in [5.74, 6) is 0. The molecule has 0 aliphatic heterocycles. The lowest BCUT2D eigenvalue weighted by molar-refractivity contribution is -0.393. The molecule has 0 amide bonds. The van der Waals surface area contributed by atoms with Crippen molar-refractivity contribution in [3.05, 3.63) is 37.9 Å². The summed E-state index contributed by atoms with van der Waals surface area (Å²) >= 11 is 0. The van der Waals surface area contributed by atoms with Gasteiger partial charge < -0.3 is 9.64 Å². The Kier molecular flexibility index (Phi) is 7.09. The van der Waals surface area contributed by atoms with E-state index in [1.165, 1.54) is 12.0 Å². The largest absolute Gasteiger partial charge is 0.416 e.